The number of pyridine rings is 1. The number of aryl methyl sites for hydroxylation is 1. The highest BCUT2D eigenvalue weighted by Gasteiger charge is 2.08. The van der Waals surface area contributed by atoms with Crippen LogP contribution in [0.3, 0.4) is 0 Å². The summed E-state index contributed by atoms with van der Waals surface area (Å²) in [6.45, 7) is 2.61. The molecule has 0 saturated carbocycles. The highest BCUT2D eigenvalue weighted by molar-refractivity contribution is 7.71. The molecule has 0 saturated heterocycles. The van der Waals surface area contributed by atoms with Gasteiger partial charge < -0.3 is 4.98 Å². The second kappa shape index (κ2) is 4.46. The first-order valence-electron chi connectivity index (χ1n) is 5.28. The standard InChI is InChI=1S/C11H9ClN4S2/c1-6-14-8(5-18-6)4-16-10-9(15-11(16)17)2-7(12)3-13-10/h2-3,5H,4H2,1H3,(H,15,17). The predicted octanol–water partition coefficient (Wildman–Crippen LogP) is 3.56. The molecule has 0 amide bonds. The Hall–Kier alpha value is -1.24. The molecular weight excluding hydrogens is 288 g/mol. The monoisotopic (exact) mass is 296 g/mol. The molecule has 0 radical (unpaired) electrons. The molecule has 3 heterocycles. The molecule has 0 fully saturated rings. The number of imidazole rings is 1. The minimum atomic E-state index is 0.593. The summed E-state index contributed by atoms with van der Waals surface area (Å²) in [5.41, 5.74) is 2.64. The molecule has 0 unspecified atom stereocenters. The molecule has 3 aromatic rings. The highest BCUT2D eigenvalue weighted by Crippen LogP contribution is 2.18. The van der Waals surface area contributed by atoms with E-state index < -0.39 is 0 Å². The number of halogens is 1. The van der Waals surface area contributed by atoms with Crippen molar-refractivity contribution in [3.8, 4) is 0 Å². The van der Waals surface area contributed by atoms with Crippen LogP contribution in [0.25, 0.3) is 11.2 Å². The maximum Gasteiger partial charge on any atom is 0.179 e. The average Bonchev–Trinajstić information content (AvgIpc) is 2.84. The van der Waals surface area contributed by atoms with Crippen molar-refractivity contribution in [2.45, 2.75) is 13.5 Å². The third-order valence-corrected chi connectivity index (χ3v) is 3.91. The number of thiazole rings is 1. The lowest BCUT2D eigenvalue weighted by atomic mass is 10.4. The second-order valence-electron chi connectivity index (χ2n) is 3.90. The van der Waals surface area contributed by atoms with Crippen LogP contribution in [0.5, 0.6) is 0 Å². The first kappa shape index (κ1) is 11.8. The molecule has 0 aliphatic rings. The Morgan fingerprint density at radius 3 is 3.11 bits per heavy atom. The van der Waals surface area contributed by atoms with Crippen molar-refractivity contribution < 1.29 is 0 Å². The van der Waals surface area contributed by atoms with E-state index in [4.69, 9.17) is 23.8 Å². The van der Waals surface area contributed by atoms with Crippen molar-refractivity contribution in [1.82, 2.24) is 19.5 Å². The molecule has 3 aromatic heterocycles. The Morgan fingerprint density at radius 1 is 1.56 bits per heavy atom. The topological polar surface area (TPSA) is 46.5 Å². The normalized spacial score (nSPS) is 11.2. The molecule has 4 nitrogen and oxygen atoms in total. The van der Waals surface area contributed by atoms with Gasteiger partial charge in [0.05, 0.1) is 27.8 Å². The van der Waals surface area contributed by atoms with Crippen LogP contribution in [0.4, 0.5) is 0 Å². The summed E-state index contributed by atoms with van der Waals surface area (Å²) in [5.74, 6) is 0. The minimum absolute atomic E-state index is 0.593. The number of H-pyrrole nitrogens is 1. The van der Waals surface area contributed by atoms with Crippen molar-refractivity contribution in [2.75, 3.05) is 0 Å². The Bertz CT molecular complexity index is 771. The average molecular weight is 297 g/mol. The Kier molecular flexibility index (Phi) is 2.93. The van der Waals surface area contributed by atoms with E-state index in [0.717, 1.165) is 21.9 Å². The lowest BCUT2D eigenvalue weighted by Gasteiger charge is -2.00. The van der Waals surface area contributed by atoms with E-state index >= 15 is 0 Å². The second-order valence-corrected chi connectivity index (χ2v) is 5.78. The summed E-state index contributed by atoms with van der Waals surface area (Å²) < 4.78 is 2.56. The van der Waals surface area contributed by atoms with Crippen LogP contribution < -0.4 is 0 Å². The zero-order chi connectivity index (χ0) is 12.7. The number of aromatic nitrogens is 4. The zero-order valence-corrected chi connectivity index (χ0v) is 11.9. The first-order valence-corrected chi connectivity index (χ1v) is 6.95. The van der Waals surface area contributed by atoms with E-state index in [1.807, 2.05) is 22.9 Å². The van der Waals surface area contributed by atoms with Crippen molar-refractivity contribution in [1.29, 1.82) is 0 Å². The van der Waals surface area contributed by atoms with Crippen LogP contribution in [-0.4, -0.2) is 19.5 Å². The summed E-state index contributed by atoms with van der Waals surface area (Å²) in [7, 11) is 0. The minimum Gasteiger partial charge on any atom is -0.329 e. The summed E-state index contributed by atoms with van der Waals surface area (Å²) in [4.78, 5) is 11.8. The predicted molar refractivity (Wildman–Crippen MR) is 75.9 cm³/mol. The van der Waals surface area contributed by atoms with Gasteiger partial charge in [0.2, 0.25) is 0 Å². The van der Waals surface area contributed by atoms with Crippen LogP contribution in [0.15, 0.2) is 17.6 Å². The van der Waals surface area contributed by atoms with Crippen LogP contribution in [-0.2, 0) is 6.54 Å². The van der Waals surface area contributed by atoms with Gasteiger partial charge in [0.25, 0.3) is 0 Å². The fourth-order valence-electron chi connectivity index (χ4n) is 1.81. The highest BCUT2D eigenvalue weighted by atomic mass is 35.5. The largest absolute Gasteiger partial charge is 0.329 e. The molecule has 3 rings (SSSR count). The van der Waals surface area contributed by atoms with Gasteiger partial charge in [-0.2, -0.15) is 0 Å². The molecule has 0 bridgehead atoms. The van der Waals surface area contributed by atoms with Crippen molar-refractivity contribution in [2.24, 2.45) is 0 Å². The number of nitrogens with zero attached hydrogens (tertiary/aromatic N) is 3. The van der Waals surface area contributed by atoms with Crippen molar-refractivity contribution >= 4 is 46.3 Å². The molecule has 0 aromatic carbocycles. The van der Waals surface area contributed by atoms with Crippen LogP contribution >= 0.6 is 35.2 Å². The van der Waals surface area contributed by atoms with Gasteiger partial charge >= 0.3 is 0 Å². The Balaban J connectivity index is 2.11. The zero-order valence-electron chi connectivity index (χ0n) is 9.48. The number of aromatic amines is 1. The van der Waals surface area contributed by atoms with Gasteiger partial charge in [0.1, 0.15) is 0 Å². The lowest BCUT2D eigenvalue weighted by Crippen LogP contribution is -2.01. The van der Waals surface area contributed by atoms with Crippen LogP contribution in [0.2, 0.25) is 5.02 Å². The fraction of sp³-hybridized carbons (Fsp3) is 0.182. The number of fused-ring (bicyclic) bond motifs is 1. The van der Waals surface area contributed by atoms with E-state index in [9.17, 15) is 0 Å². The van der Waals surface area contributed by atoms with Gasteiger partial charge in [-0.3, -0.25) is 4.57 Å². The molecule has 92 valence electrons. The van der Waals surface area contributed by atoms with E-state index in [1.165, 1.54) is 0 Å². The quantitative estimate of drug-likeness (QED) is 0.736. The number of hydrogen-bond acceptors (Lipinski definition) is 4. The Labute approximate surface area is 117 Å². The number of nitrogens with one attached hydrogen (secondary N) is 1. The van der Waals surface area contributed by atoms with Crippen molar-refractivity contribution in [3.05, 3.63) is 38.1 Å². The van der Waals surface area contributed by atoms with E-state index in [1.54, 1.807) is 17.5 Å². The summed E-state index contributed by atoms with van der Waals surface area (Å²) in [6, 6.07) is 1.82. The SMILES string of the molecule is Cc1nc(Cn2c(=S)[nH]c3cc(Cl)cnc32)cs1. The molecule has 0 atom stereocenters. The molecule has 7 heteroatoms. The molecular formula is C11H9ClN4S2. The number of hydrogen-bond donors (Lipinski definition) is 1. The molecule has 18 heavy (non-hydrogen) atoms. The van der Waals surface area contributed by atoms with Gasteiger partial charge in [-0.05, 0) is 25.2 Å². The van der Waals surface area contributed by atoms with E-state index in [2.05, 4.69) is 15.0 Å². The van der Waals surface area contributed by atoms with Gasteiger partial charge in [-0.15, -0.1) is 11.3 Å². The molecule has 0 aliphatic carbocycles. The first-order chi connectivity index (χ1) is 8.63. The molecule has 0 aliphatic heterocycles. The smallest absolute Gasteiger partial charge is 0.179 e. The van der Waals surface area contributed by atoms with E-state index in [-0.39, 0.29) is 0 Å². The van der Waals surface area contributed by atoms with Crippen LogP contribution in [0.1, 0.15) is 10.7 Å². The van der Waals surface area contributed by atoms with Gasteiger partial charge in [-0.25, -0.2) is 9.97 Å². The Morgan fingerprint density at radius 2 is 2.39 bits per heavy atom. The van der Waals surface area contributed by atoms with Gasteiger partial charge in [0, 0.05) is 11.6 Å². The molecule has 0 spiro atoms. The molecule has 1 N–H and O–H groups in total. The lowest BCUT2D eigenvalue weighted by molar-refractivity contribution is 0.780. The maximum atomic E-state index is 5.91. The fourth-order valence-corrected chi connectivity index (χ4v) is 2.83. The van der Waals surface area contributed by atoms with Crippen LogP contribution in [0, 0.1) is 11.7 Å². The van der Waals surface area contributed by atoms with Crippen molar-refractivity contribution in [3.63, 3.8) is 0 Å². The van der Waals surface area contributed by atoms with Gasteiger partial charge in [0.15, 0.2) is 10.4 Å². The van der Waals surface area contributed by atoms with E-state index in [0.29, 0.717) is 16.3 Å². The number of rotatable bonds is 2. The van der Waals surface area contributed by atoms with Gasteiger partial charge in [-0.1, -0.05) is 11.6 Å². The summed E-state index contributed by atoms with van der Waals surface area (Å²) in [6.07, 6.45) is 1.62. The third-order valence-electron chi connectivity index (χ3n) is 2.56. The summed E-state index contributed by atoms with van der Waals surface area (Å²) >= 11 is 12.8. The summed E-state index contributed by atoms with van der Waals surface area (Å²) in [5, 5.41) is 3.68. The third kappa shape index (κ3) is 2.07. The maximum absolute atomic E-state index is 5.91.